The molecule has 1 N–H and O–H groups in total. The molecule has 0 bridgehead atoms. The highest BCUT2D eigenvalue weighted by atomic mass is 16.6. The number of aromatic nitrogens is 2. The van der Waals surface area contributed by atoms with Crippen LogP contribution < -0.4 is 10.2 Å². The third-order valence-corrected chi connectivity index (χ3v) is 4.21. The van der Waals surface area contributed by atoms with Crippen LogP contribution in [0.1, 0.15) is 32.4 Å². The van der Waals surface area contributed by atoms with Crippen LogP contribution in [0.5, 0.6) is 0 Å². The molecule has 24 heavy (non-hydrogen) atoms. The number of anilines is 2. The SMILES string of the molecule is CC(Nc1nccc(N2C(=O)OC[C@@H]2C(C)C)n1)c1ccccc1. The summed E-state index contributed by atoms with van der Waals surface area (Å²) in [5, 5.41) is 3.28. The smallest absolute Gasteiger partial charge is 0.415 e. The molecule has 1 aliphatic heterocycles. The number of nitrogens with one attached hydrogen (secondary N) is 1. The van der Waals surface area contributed by atoms with E-state index in [9.17, 15) is 4.79 Å². The topological polar surface area (TPSA) is 67.4 Å². The van der Waals surface area contributed by atoms with Crippen molar-refractivity contribution in [2.75, 3.05) is 16.8 Å². The van der Waals surface area contributed by atoms with Gasteiger partial charge in [-0.3, -0.25) is 4.90 Å². The van der Waals surface area contributed by atoms with Crippen molar-refractivity contribution in [3.8, 4) is 0 Å². The summed E-state index contributed by atoms with van der Waals surface area (Å²) in [6.45, 7) is 6.57. The number of cyclic esters (lactones) is 1. The Hall–Kier alpha value is -2.63. The second-order valence-corrected chi connectivity index (χ2v) is 6.27. The van der Waals surface area contributed by atoms with Gasteiger partial charge in [0.1, 0.15) is 12.4 Å². The van der Waals surface area contributed by atoms with Gasteiger partial charge in [0.25, 0.3) is 0 Å². The van der Waals surface area contributed by atoms with Gasteiger partial charge in [-0.2, -0.15) is 4.98 Å². The molecule has 2 heterocycles. The van der Waals surface area contributed by atoms with Gasteiger partial charge in [-0.1, -0.05) is 44.2 Å². The van der Waals surface area contributed by atoms with E-state index in [1.165, 1.54) is 0 Å². The molecule has 6 heteroatoms. The number of rotatable bonds is 5. The van der Waals surface area contributed by atoms with Crippen molar-refractivity contribution in [3.05, 3.63) is 48.2 Å². The maximum atomic E-state index is 12.1. The third kappa shape index (κ3) is 3.32. The molecule has 126 valence electrons. The van der Waals surface area contributed by atoms with E-state index in [0.717, 1.165) is 5.56 Å². The number of hydrogen-bond donors (Lipinski definition) is 1. The van der Waals surface area contributed by atoms with Gasteiger partial charge in [0.05, 0.1) is 12.1 Å². The van der Waals surface area contributed by atoms with Gasteiger partial charge in [-0.25, -0.2) is 9.78 Å². The Morgan fingerprint density at radius 1 is 1.21 bits per heavy atom. The van der Waals surface area contributed by atoms with Crippen LogP contribution in [0.25, 0.3) is 0 Å². The lowest BCUT2D eigenvalue weighted by Gasteiger charge is -2.23. The van der Waals surface area contributed by atoms with Crippen molar-refractivity contribution >= 4 is 17.9 Å². The van der Waals surface area contributed by atoms with E-state index in [-0.39, 0.29) is 24.1 Å². The summed E-state index contributed by atoms with van der Waals surface area (Å²) in [4.78, 5) is 22.5. The molecule has 6 nitrogen and oxygen atoms in total. The molecule has 0 spiro atoms. The van der Waals surface area contributed by atoms with Gasteiger partial charge in [0.2, 0.25) is 5.95 Å². The largest absolute Gasteiger partial charge is 0.447 e. The molecule has 1 aromatic heterocycles. The van der Waals surface area contributed by atoms with Crippen LogP contribution in [0, 0.1) is 5.92 Å². The predicted molar refractivity (Wildman–Crippen MR) is 93.0 cm³/mol. The fourth-order valence-electron chi connectivity index (χ4n) is 2.76. The van der Waals surface area contributed by atoms with Gasteiger partial charge < -0.3 is 10.1 Å². The van der Waals surface area contributed by atoms with Crippen molar-refractivity contribution in [2.24, 2.45) is 5.92 Å². The Morgan fingerprint density at radius 3 is 2.67 bits per heavy atom. The summed E-state index contributed by atoms with van der Waals surface area (Å²) in [6, 6.07) is 11.9. The minimum absolute atomic E-state index is 0.00760. The molecule has 1 fully saturated rings. The first-order valence-corrected chi connectivity index (χ1v) is 8.17. The molecule has 0 radical (unpaired) electrons. The van der Waals surface area contributed by atoms with Crippen molar-refractivity contribution in [1.29, 1.82) is 0 Å². The van der Waals surface area contributed by atoms with Crippen LogP contribution in [0.2, 0.25) is 0 Å². The van der Waals surface area contributed by atoms with E-state index >= 15 is 0 Å². The van der Waals surface area contributed by atoms with E-state index in [1.54, 1.807) is 17.2 Å². The number of carbonyl (C=O) groups is 1. The zero-order valence-electron chi connectivity index (χ0n) is 14.1. The molecular formula is C18H22N4O2. The molecule has 1 aliphatic rings. The second-order valence-electron chi connectivity index (χ2n) is 6.27. The van der Waals surface area contributed by atoms with Gasteiger partial charge >= 0.3 is 6.09 Å². The van der Waals surface area contributed by atoms with E-state index < -0.39 is 0 Å². The standard InChI is InChI=1S/C18H22N4O2/c1-12(2)15-11-24-18(23)22(15)16-9-10-19-17(21-16)20-13(3)14-7-5-4-6-8-14/h4-10,12-13,15H,11H2,1-3H3,(H,19,20,21)/t13?,15-/m1/s1. The van der Waals surface area contributed by atoms with Crippen LogP contribution in [-0.4, -0.2) is 28.7 Å². The molecule has 2 aromatic rings. The first kappa shape index (κ1) is 16.2. The van der Waals surface area contributed by atoms with Crippen LogP contribution in [-0.2, 0) is 4.74 Å². The molecule has 1 aromatic carbocycles. The maximum Gasteiger partial charge on any atom is 0.415 e. The molecule has 2 atom stereocenters. The monoisotopic (exact) mass is 326 g/mol. The normalized spacial score (nSPS) is 18.6. The Labute approximate surface area is 141 Å². The Kier molecular flexibility index (Phi) is 4.64. The number of nitrogens with zero attached hydrogens (tertiary/aromatic N) is 3. The van der Waals surface area contributed by atoms with E-state index in [0.29, 0.717) is 18.4 Å². The van der Waals surface area contributed by atoms with Crippen molar-refractivity contribution in [2.45, 2.75) is 32.9 Å². The van der Waals surface area contributed by atoms with Crippen LogP contribution in [0.4, 0.5) is 16.6 Å². The third-order valence-electron chi connectivity index (χ3n) is 4.21. The van der Waals surface area contributed by atoms with Gasteiger partial charge in [0, 0.05) is 6.20 Å². The van der Waals surface area contributed by atoms with Crippen LogP contribution >= 0.6 is 0 Å². The Balaban J connectivity index is 1.80. The summed E-state index contributed by atoms with van der Waals surface area (Å²) in [5.41, 5.74) is 1.15. The van der Waals surface area contributed by atoms with Crippen molar-refractivity contribution in [1.82, 2.24) is 9.97 Å². The second kappa shape index (κ2) is 6.86. The highest BCUT2D eigenvalue weighted by Gasteiger charge is 2.37. The molecular weight excluding hydrogens is 304 g/mol. The lowest BCUT2D eigenvalue weighted by Crippen LogP contribution is -2.37. The quantitative estimate of drug-likeness (QED) is 0.909. The summed E-state index contributed by atoms with van der Waals surface area (Å²) >= 11 is 0. The first-order chi connectivity index (χ1) is 11.6. The van der Waals surface area contributed by atoms with Gasteiger partial charge in [-0.05, 0) is 24.5 Å². The zero-order chi connectivity index (χ0) is 17.1. The van der Waals surface area contributed by atoms with Gasteiger partial charge in [0.15, 0.2) is 0 Å². The molecule has 1 amide bonds. The first-order valence-electron chi connectivity index (χ1n) is 8.17. The fraction of sp³-hybridized carbons (Fsp3) is 0.389. The zero-order valence-corrected chi connectivity index (χ0v) is 14.1. The molecule has 0 aliphatic carbocycles. The van der Waals surface area contributed by atoms with Crippen LogP contribution in [0.15, 0.2) is 42.6 Å². The average molecular weight is 326 g/mol. The van der Waals surface area contributed by atoms with Gasteiger partial charge in [-0.15, -0.1) is 0 Å². The van der Waals surface area contributed by atoms with E-state index in [1.807, 2.05) is 37.3 Å². The maximum absolute atomic E-state index is 12.1. The highest BCUT2D eigenvalue weighted by molar-refractivity contribution is 5.89. The Bertz CT molecular complexity index is 705. The van der Waals surface area contributed by atoms with Crippen molar-refractivity contribution < 1.29 is 9.53 Å². The molecule has 3 rings (SSSR count). The molecule has 0 saturated carbocycles. The van der Waals surface area contributed by atoms with E-state index in [4.69, 9.17) is 4.74 Å². The minimum atomic E-state index is -0.352. The fourth-order valence-corrected chi connectivity index (χ4v) is 2.76. The number of ether oxygens (including phenoxy) is 1. The Morgan fingerprint density at radius 2 is 1.96 bits per heavy atom. The minimum Gasteiger partial charge on any atom is -0.447 e. The van der Waals surface area contributed by atoms with Crippen molar-refractivity contribution in [3.63, 3.8) is 0 Å². The summed E-state index contributed by atoms with van der Waals surface area (Å²) < 4.78 is 5.19. The van der Waals surface area contributed by atoms with Crippen LogP contribution in [0.3, 0.4) is 0 Å². The van der Waals surface area contributed by atoms with E-state index in [2.05, 4.69) is 29.1 Å². The predicted octanol–water partition coefficient (Wildman–Crippen LogP) is 3.63. The lowest BCUT2D eigenvalue weighted by atomic mass is 10.0. The summed E-state index contributed by atoms with van der Waals surface area (Å²) in [7, 11) is 0. The number of amides is 1. The lowest BCUT2D eigenvalue weighted by molar-refractivity contribution is 0.177. The average Bonchev–Trinajstić information content (AvgIpc) is 2.98. The number of benzene rings is 1. The summed E-state index contributed by atoms with van der Waals surface area (Å²) in [6.07, 6.45) is 1.31. The number of hydrogen-bond acceptors (Lipinski definition) is 5. The molecule has 1 unspecified atom stereocenters. The number of carbonyl (C=O) groups excluding carboxylic acids is 1. The molecule has 1 saturated heterocycles. The highest BCUT2D eigenvalue weighted by Crippen LogP contribution is 2.26. The summed E-state index contributed by atoms with van der Waals surface area (Å²) in [5.74, 6) is 1.34.